The maximum absolute atomic E-state index is 10.7. The summed E-state index contributed by atoms with van der Waals surface area (Å²) in [4.78, 5) is 11.6. The molecule has 0 aromatic heterocycles. The molecule has 0 spiro atoms. The lowest BCUT2D eigenvalue weighted by molar-refractivity contribution is -0.112. The minimum absolute atomic E-state index is 0.599. The molecule has 1 aromatic carbocycles. The summed E-state index contributed by atoms with van der Waals surface area (Å²) < 4.78 is 2.91. The Morgan fingerprint density at radius 2 is 1.56 bits per heavy atom. The monoisotopic (exact) mass is 625 g/mol. The molecule has 7 atom stereocenters. The quantitative estimate of drug-likeness (QED) is 0.185. The topological polar surface area (TPSA) is 29.1 Å². The number of hydrogen-bond donors (Lipinski definition) is 1. The summed E-state index contributed by atoms with van der Waals surface area (Å²) in [6, 6.07) is 5.45. The number of carbonyl (C=O) groups is 1. The van der Waals surface area contributed by atoms with Crippen LogP contribution in [0, 0.1) is 40.4 Å². The first-order valence-corrected chi connectivity index (χ1v) is 18.5. The Morgan fingerprint density at radius 3 is 2.17 bits per heavy atom. The number of fused-ring (bicyclic) bond motifs is 5. The fraction of sp³-hybridized carbons (Fsp3) is 0.806. The molecular formula is C36H61Cl2NOS. The lowest BCUT2D eigenvalue weighted by Gasteiger charge is -2.60. The third kappa shape index (κ3) is 9.15. The number of unbranched alkanes of at least 4 members (excludes halogenated alkanes) is 2. The zero-order valence-electron chi connectivity index (χ0n) is 27.4. The van der Waals surface area contributed by atoms with E-state index in [1.165, 1.54) is 95.4 Å². The standard InChI is InChI=1S/C23H38O.C7H7Cl2NS.C4H10.C2H6/c1-22-14-5-3-7-17(22)9-11-19-20-12-10-18(8-4-6-16-24)23(20,2)15-13-21(19)22;1-10-11-7-5(8)3-2-4-6(7)9;1-3-4-2;1-2/h16-21H,3-15H2,1-2H3;2-4,10H,1H3;3-4H2,1-2H3;1-2H3. The van der Waals surface area contributed by atoms with Crippen LogP contribution in [0.2, 0.25) is 10.0 Å². The Labute approximate surface area is 268 Å². The average molecular weight is 627 g/mol. The van der Waals surface area contributed by atoms with Crippen LogP contribution >= 0.6 is 35.1 Å². The van der Waals surface area contributed by atoms with Gasteiger partial charge in [-0.15, -0.1) is 0 Å². The molecule has 2 nitrogen and oxygen atoms in total. The van der Waals surface area contributed by atoms with E-state index in [4.69, 9.17) is 23.2 Å². The predicted molar refractivity (Wildman–Crippen MR) is 183 cm³/mol. The molecule has 0 radical (unpaired) electrons. The van der Waals surface area contributed by atoms with E-state index in [0.29, 0.717) is 20.9 Å². The number of carbonyl (C=O) groups excluding carboxylic acids is 1. The van der Waals surface area contributed by atoms with Gasteiger partial charge < -0.3 is 4.79 Å². The van der Waals surface area contributed by atoms with E-state index in [-0.39, 0.29) is 0 Å². The highest BCUT2D eigenvalue weighted by atomic mass is 35.5. The van der Waals surface area contributed by atoms with Crippen molar-refractivity contribution in [3.05, 3.63) is 28.2 Å². The summed E-state index contributed by atoms with van der Waals surface area (Å²) in [5.41, 5.74) is 1.28. The van der Waals surface area contributed by atoms with E-state index in [9.17, 15) is 4.79 Å². The molecule has 0 saturated heterocycles. The number of hydrogen-bond acceptors (Lipinski definition) is 3. The second kappa shape index (κ2) is 18.6. The Balaban J connectivity index is 0.000000289. The number of benzene rings is 1. The first-order valence-electron chi connectivity index (χ1n) is 17.0. The molecule has 41 heavy (non-hydrogen) atoms. The average Bonchev–Trinajstić information content (AvgIpc) is 3.32. The Bertz CT molecular complexity index is 874. The van der Waals surface area contributed by atoms with Crippen molar-refractivity contribution < 1.29 is 4.79 Å². The van der Waals surface area contributed by atoms with Gasteiger partial charge >= 0.3 is 0 Å². The van der Waals surface area contributed by atoms with Gasteiger partial charge in [-0.05, 0) is 136 Å². The van der Waals surface area contributed by atoms with Crippen molar-refractivity contribution in [1.29, 1.82) is 0 Å². The molecule has 0 bridgehead atoms. The molecule has 1 N–H and O–H groups in total. The SMILES string of the molecule is CC.CC12CCCCC1CCC1C2CCC2(C)C(CCCC=O)CCC12.CCCC.CNSc1c(Cl)cccc1Cl. The first-order chi connectivity index (χ1) is 19.8. The van der Waals surface area contributed by atoms with Crippen LogP contribution in [0.5, 0.6) is 0 Å². The molecule has 5 rings (SSSR count). The van der Waals surface area contributed by atoms with Crippen LogP contribution in [-0.4, -0.2) is 13.3 Å². The fourth-order valence-corrected chi connectivity index (χ4v) is 10.2. The van der Waals surface area contributed by atoms with Crippen LogP contribution in [0.4, 0.5) is 0 Å². The normalized spacial score (nSPS) is 33.2. The largest absolute Gasteiger partial charge is 0.303 e. The molecule has 7 unspecified atom stereocenters. The van der Waals surface area contributed by atoms with Gasteiger partial charge in [-0.2, -0.15) is 0 Å². The van der Waals surface area contributed by atoms with E-state index in [1.807, 2.05) is 39.1 Å². The van der Waals surface area contributed by atoms with Crippen LogP contribution in [0.25, 0.3) is 0 Å². The molecule has 236 valence electrons. The summed E-state index contributed by atoms with van der Waals surface area (Å²) in [6.07, 6.45) is 22.0. The molecular weight excluding hydrogens is 565 g/mol. The maximum Gasteiger partial charge on any atom is 0.119 e. The van der Waals surface area contributed by atoms with Gasteiger partial charge in [-0.3, -0.25) is 4.72 Å². The van der Waals surface area contributed by atoms with Gasteiger partial charge in [0.15, 0.2) is 0 Å². The number of nitrogens with one attached hydrogen (secondary N) is 1. The number of rotatable bonds is 7. The van der Waals surface area contributed by atoms with Crippen LogP contribution in [0.1, 0.15) is 138 Å². The third-order valence-electron chi connectivity index (χ3n) is 11.3. The van der Waals surface area contributed by atoms with Gasteiger partial charge in [-0.1, -0.05) is 96.5 Å². The molecule has 5 heteroatoms. The van der Waals surface area contributed by atoms with Crippen molar-refractivity contribution >= 4 is 41.4 Å². The first kappa shape index (κ1) is 37.0. The summed E-state index contributed by atoms with van der Waals surface area (Å²) in [6.45, 7) is 13.7. The van der Waals surface area contributed by atoms with Crippen molar-refractivity contribution in [2.24, 2.45) is 40.4 Å². The summed E-state index contributed by atoms with van der Waals surface area (Å²) in [5, 5.41) is 1.36. The van der Waals surface area contributed by atoms with E-state index in [2.05, 4.69) is 32.4 Å². The Morgan fingerprint density at radius 1 is 0.902 bits per heavy atom. The van der Waals surface area contributed by atoms with E-state index in [0.717, 1.165) is 53.6 Å². The van der Waals surface area contributed by atoms with Crippen molar-refractivity contribution in [3.63, 3.8) is 0 Å². The summed E-state index contributed by atoms with van der Waals surface area (Å²) in [5.74, 6) is 5.00. The van der Waals surface area contributed by atoms with Crippen LogP contribution in [0.15, 0.2) is 23.1 Å². The second-order valence-corrected chi connectivity index (χ2v) is 15.0. The minimum Gasteiger partial charge on any atom is -0.303 e. The van der Waals surface area contributed by atoms with Crippen LogP contribution < -0.4 is 4.72 Å². The highest BCUT2D eigenvalue weighted by Crippen LogP contribution is 2.67. The molecule has 4 aliphatic rings. The molecule has 0 heterocycles. The van der Waals surface area contributed by atoms with Gasteiger partial charge in [0, 0.05) is 6.42 Å². The minimum atomic E-state index is 0.599. The third-order valence-corrected chi connectivity index (χ3v) is 13.0. The van der Waals surface area contributed by atoms with Gasteiger partial charge in [0.2, 0.25) is 0 Å². The fourth-order valence-electron chi connectivity index (χ4n) is 9.01. The van der Waals surface area contributed by atoms with Crippen molar-refractivity contribution in [2.45, 2.75) is 143 Å². The van der Waals surface area contributed by atoms with Crippen molar-refractivity contribution in [1.82, 2.24) is 4.72 Å². The lowest BCUT2D eigenvalue weighted by Crippen LogP contribution is -2.52. The van der Waals surface area contributed by atoms with Crippen LogP contribution in [0.3, 0.4) is 0 Å². The predicted octanol–water partition coefficient (Wildman–Crippen LogP) is 12.5. The molecule has 4 aliphatic carbocycles. The number of aldehydes is 1. The van der Waals surface area contributed by atoms with Gasteiger partial charge in [0.1, 0.15) is 6.29 Å². The van der Waals surface area contributed by atoms with E-state index >= 15 is 0 Å². The summed E-state index contributed by atoms with van der Waals surface area (Å²) >= 11 is 13.1. The van der Waals surface area contributed by atoms with Crippen molar-refractivity contribution in [2.75, 3.05) is 7.05 Å². The lowest BCUT2D eigenvalue weighted by atomic mass is 9.45. The number of halogens is 2. The van der Waals surface area contributed by atoms with E-state index in [1.54, 1.807) is 0 Å². The molecule has 0 aliphatic heterocycles. The zero-order chi connectivity index (χ0) is 30.5. The molecule has 4 fully saturated rings. The highest BCUT2D eigenvalue weighted by Gasteiger charge is 2.59. The molecule has 1 aromatic rings. The molecule has 0 amide bonds. The highest BCUT2D eigenvalue weighted by molar-refractivity contribution is 7.97. The second-order valence-electron chi connectivity index (χ2n) is 13.2. The zero-order valence-corrected chi connectivity index (χ0v) is 29.7. The van der Waals surface area contributed by atoms with Crippen molar-refractivity contribution in [3.8, 4) is 0 Å². The maximum atomic E-state index is 10.7. The smallest absolute Gasteiger partial charge is 0.119 e. The van der Waals surface area contributed by atoms with Gasteiger partial charge in [0.05, 0.1) is 14.9 Å². The molecule has 4 saturated carbocycles. The van der Waals surface area contributed by atoms with Gasteiger partial charge in [0.25, 0.3) is 0 Å². The van der Waals surface area contributed by atoms with Crippen LogP contribution in [-0.2, 0) is 4.79 Å². The Kier molecular flexibility index (Phi) is 16.7. The van der Waals surface area contributed by atoms with Gasteiger partial charge in [-0.25, -0.2) is 0 Å². The Hall–Kier alpha value is -0.220. The summed E-state index contributed by atoms with van der Waals surface area (Å²) in [7, 11) is 1.82. The van der Waals surface area contributed by atoms with E-state index < -0.39 is 0 Å².